The van der Waals surface area contributed by atoms with Crippen LogP contribution in [0.2, 0.25) is 0 Å². The molecule has 0 aromatic rings. The zero-order valence-corrected chi connectivity index (χ0v) is 22.7. The first kappa shape index (κ1) is 33.0. The van der Waals surface area contributed by atoms with Crippen molar-refractivity contribution in [3.05, 3.63) is 46.6 Å². The summed E-state index contributed by atoms with van der Waals surface area (Å²) in [4.78, 5) is 25.8. The molecule has 1 unspecified atom stereocenters. The van der Waals surface area contributed by atoms with Gasteiger partial charge in [-0.3, -0.25) is 9.59 Å². The van der Waals surface area contributed by atoms with E-state index in [0.717, 1.165) is 31.3 Å². The molecular weight excluding hydrogens is 444 g/mol. The Hall–Kier alpha value is -2.02. The molecule has 0 spiro atoms. The lowest BCUT2D eigenvalue weighted by molar-refractivity contribution is -0.158. The second-order valence-electron chi connectivity index (χ2n) is 10.1. The van der Waals surface area contributed by atoms with E-state index >= 15 is 0 Å². The highest BCUT2D eigenvalue weighted by Crippen LogP contribution is 2.20. The molecule has 0 saturated carbocycles. The van der Waals surface area contributed by atoms with Crippen LogP contribution in [0.5, 0.6) is 0 Å². The average Bonchev–Trinajstić information content (AvgIpc) is 2.80. The Morgan fingerprint density at radius 1 is 0.714 bits per heavy atom. The molecule has 0 fully saturated rings. The van der Waals surface area contributed by atoms with Gasteiger partial charge in [-0.25, -0.2) is 0 Å². The number of aliphatic hydroxyl groups excluding tert-OH is 3. The first-order valence-corrected chi connectivity index (χ1v) is 12.6. The van der Waals surface area contributed by atoms with Gasteiger partial charge in [0.2, 0.25) is 0 Å². The molecule has 35 heavy (non-hydrogen) atoms. The fourth-order valence-corrected chi connectivity index (χ4v) is 3.31. The third kappa shape index (κ3) is 14.9. The van der Waals surface area contributed by atoms with Gasteiger partial charge in [0.1, 0.15) is 18.3 Å². The number of ether oxygens (including phenoxy) is 1. The van der Waals surface area contributed by atoms with Gasteiger partial charge in [-0.15, -0.1) is 0 Å². The molecule has 6 nitrogen and oxygen atoms in total. The summed E-state index contributed by atoms with van der Waals surface area (Å²) in [6.07, 6.45) is 13.0. The first-order valence-electron chi connectivity index (χ1n) is 12.6. The molecule has 0 aromatic carbocycles. The Morgan fingerprint density at radius 3 is 1.63 bits per heavy atom. The van der Waals surface area contributed by atoms with Gasteiger partial charge in [-0.05, 0) is 80.1 Å². The highest BCUT2D eigenvalue weighted by atomic mass is 16.5. The predicted octanol–water partition coefficient (Wildman–Crippen LogP) is 5.23. The standard InChI is InChI=1S/C29H48O6/c1-22(2)10-7-12-24(5)14-9-15-27(33)26(17-16-25(6)13-8-11-23(3)4)28(34)35-21-29(18-30,19-31)20-32/h10-11,14,16,26,30-32H,7-9,12-13,15,17-21H2,1-6H3/b24-14+,25-16+. The van der Waals surface area contributed by atoms with Crippen molar-refractivity contribution in [1.82, 2.24) is 0 Å². The molecule has 0 aliphatic carbocycles. The minimum absolute atomic E-state index is 0.195. The summed E-state index contributed by atoms with van der Waals surface area (Å²) in [6, 6.07) is 0. The van der Waals surface area contributed by atoms with E-state index in [-0.39, 0.29) is 25.2 Å². The van der Waals surface area contributed by atoms with Crippen LogP contribution in [0.15, 0.2) is 46.6 Å². The molecule has 0 aliphatic heterocycles. The van der Waals surface area contributed by atoms with Crippen LogP contribution in [0.1, 0.15) is 86.5 Å². The molecule has 0 aliphatic rings. The molecular formula is C29H48O6. The van der Waals surface area contributed by atoms with E-state index in [2.05, 4.69) is 26.0 Å². The van der Waals surface area contributed by atoms with Gasteiger partial charge in [0, 0.05) is 6.42 Å². The fraction of sp³-hybridized carbons (Fsp3) is 0.655. The summed E-state index contributed by atoms with van der Waals surface area (Å²) in [5.74, 6) is -1.84. The number of rotatable bonds is 18. The molecule has 3 N–H and O–H groups in total. The summed E-state index contributed by atoms with van der Waals surface area (Å²) in [7, 11) is 0. The molecule has 0 radical (unpaired) electrons. The maximum absolute atomic E-state index is 13.0. The maximum atomic E-state index is 13.0. The number of Topliss-reactive ketones (excluding diaryl/α,β-unsaturated/α-hetero) is 1. The van der Waals surface area contributed by atoms with Crippen molar-refractivity contribution in [2.24, 2.45) is 11.3 Å². The Kier molecular flexibility index (Phi) is 17.2. The highest BCUT2D eigenvalue weighted by molar-refractivity contribution is 5.99. The second kappa shape index (κ2) is 18.3. The van der Waals surface area contributed by atoms with E-state index in [9.17, 15) is 24.9 Å². The Morgan fingerprint density at radius 2 is 1.17 bits per heavy atom. The van der Waals surface area contributed by atoms with Crippen molar-refractivity contribution in [3.63, 3.8) is 0 Å². The minimum Gasteiger partial charge on any atom is -0.464 e. The number of carbonyl (C=O) groups excluding carboxylic acids is 2. The molecule has 0 heterocycles. The SMILES string of the molecule is CC(C)=CCC/C(C)=C/CCC(=O)C(C/C=C(\C)CCC=C(C)C)C(=O)OCC(CO)(CO)CO. The molecule has 1 atom stereocenters. The van der Waals surface area contributed by atoms with Crippen molar-refractivity contribution in [3.8, 4) is 0 Å². The topological polar surface area (TPSA) is 104 Å². The minimum atomic E-state index is -1.33. The summed E-state index contributed by atoms with van der Waals surface area (Å²) < 4.78 is 5.31. The van der Waals surface area contributed by atoms with Crippen molar-refractivity contribution in [1.29, 1.82) is 0 Å². The van der Waals surface area contributed by atoms with Gasteiger partial charge in [-0.2, -0.15) is 0 Å². The number of hydrogen-bond donors (Lipinski definition) is 3. The molecule has 0 aromatic heterocycles. The van der Waals surface area contributed by atoms with E-state index in [1.807, 2.05) is 39.8 Å². The van der Waals surface area contributed by atoms with Crippen LogP contribution in [0.4, 0.5) is 0 Å². The number of hydrogen-bond acceptors (Lipinski definition) is 6. The van der Waals surface area contributed by atoms with Crippen LogP contribution in [-0.2, 0) is 14.3 Å². The molecule has 0 rings (SSSR count). The molecule has 200 valence electrons. The lowest BCUT2D eigenvalue weighted by Gasteiger charge is -2.27. The number of carbonyl (C=O) groups is 2. The number of esters is 1. The van der Waals surface area contributed by atoms with Crippen LogP contribution in [0.25, 0.3) is 0 Å². The highest BCUT2D eigenvalue weighted by Gasteiger charge is 2.33. The number of ketones is 1. The van der Waals surface area contributed by atoms with Gasteiger partial charge in [0.15, 0.2) is 0 Å². The Balaban J connectivity index is 5.28. The quantitative estimate of drug-likeness (QED) is 0.137. The fourth-order valence-electron chi connectivity index (χ4n) is 3.31. The Labute approximate surface area is 212 Å². The third-order valence-corrected chi connectivity index (χ3v) is 5.97. The molecule has 6 heteroatoms. The normalized spacial score (nSPS) is 13.3. The molecule has 0 amide bonds. The van der Waals surface area contributed by atoms with Gasteiger partial charge < -0.3 is 20.1 Å². The summed E-state index contributed by atoms with van der Waals surface area (Å²) in [5, 5.41) is 28.5. The van der Waals surface area contributed by atoms with Crippen LogP contribution >= 0.6 is 0 Å². The van der Waals surface area contributed by atoms with Gasteiger partial charge in [0.05, 0.1) is 25.2 Å². The van der Waals surface area contributed by atoms with Crippen LogP contribution in [0.3, 0.4) is 0 Å². The molecule has 0 saturated heterocycles. The van der Waals surface area contributed by atoms with E-state index < -0.39 is 37.1 Å². The first-order chi connectivity index (χ1) is 16.5. The predicted molar refractivity (Wildman–Crippen MR) is 142 cm³/mol. The van der Waals surface area contributed by atoms with Gasteiger partial charge in [-0.1, -0.05) is 46.6 Å². The van der Waals surface area contributed by atoms with Crippen molar-refractivity contribution < 1.29 is 29.6 Å². The smallest absolute Gasteiger partial charge is 0.316 e. The zero-order valence-electron chi connectivity index (χ0n) is 22.7. The zero-order chi connectivity index (χ0) is 26.9. The largest absolute Gasteiger partial charge is 0.464 e. The summed E-state index contributed by atoms with van der Waals surface area (Å²) in [6.45, 7) is 10.3. The third-order valence-electron chi connectivity index (χ3n) is 5.97. The number of aliphatic hydroxyl groups is 3. The van der Waals surface area contributed by atoms with Crippen molar-refractivity contribution in [2.45, 2.75) is 86.5 Å². The second-order valence-corrected chi connectivity index (χ2v) is 10.1. The van der Waals surface area contributed by atoms with Crippen molar-refractivity contribution >= 4 is 11.8 Å². The lowest BCUT2D eigenvalue weighted by atomic mass is 9.92. The monoisotopic (exact) mass is 492 g/mol. The molecule has 0 bridgehead atoms. The Bertz CT molecular complexity index is 752. The summed E-state index contributed by atoms with van der Waals surface area (Å²) >= 11 is 0. The van der Waals surface area contributed by atoms with Crippen molar-refractivity contribution in [2.75, 3.05) is 26.4 Å². The van der Waals surface area contributed by atoms with E-state index in [0.29, 0.717) is 6.42 Å². The van der Waals surface area contributed by atoms with E-state index in [1.165, 1.54) is 16.7 Å². The van der Waals surface area contributed by atoms with Crippen LogP contribution in [0, 0.1) is 11.3 Å². The van der Waals surface area contributed by atoms with Gasteiger partial charge in [0.25, 0.3) is 0 Å². The van der Waals surface area contributed by atoms with Crippen LogP contribution in [-0.4, -0.2) is 53.5 Å². The van der Waals surface area contributed by atoms with Crippen LogP contribution < -0.4 is 0 Å². The van der Waals surface area contributed by atoms with E-state index in [1.54, 1.807) is 0 Å². The number of allylic oxidation sites excluding steroid dienone is 8. The van der Waals surface area contributed by atoms with Gasteiger partial charge >= 0.3 is 5.97 Å². The lowest BCUT2D eigenvalue weighted by Crippen LogP contribution is -2.40. The average molecular weight is 493 g/mol. The maximum Gasteiger partial charge on any atom is 0.316 e. The summed E-state index contributed by atoms with van der Waals surface area (Å²) in [5.41, 5.74) is 3.51. The van der Waals surface area contributed by atoms with E-state index in [4.69, 9.17) is 4.74 Å².